The van der Waals surface area contributed by atoms with Crippen LogP contribution in [0.4, 0.5) is 0 Å². The van der Waals surface area contributed by atoms with Gasteiger partial charge >= 0.3 is 0 Å². The zero-order valence-corrected chi connectivity index (χ0v) is 11.3. The lowest BCUT2D eigenvalue weighted by atomic mass is 10.1. The smallest absolute Gasteiger partial charge is 0.268 e. The molecule has 1 amide bonds. The third-order valence-electron chi connectivity index (χ3n) is 3.78. The van der Waals surface area contributed by atoms with E-state index in [0.29, 0.717) is 12.1 Å². The fraction of sp³-hybridized carbons (Fsp3) is 0.615. The lowest BCUT2D eigenvalue weighted by molar-refractivity contribution is 0.0692. The molecule has 3 heterocycles. The molecule has 0 radical (unpaired) electrons. The van der Waals surface area contributed by atoms with E-state index in [-0.39, 0.29) is 5.91 Å². The third-order valence-corrected chi connectivity index (χ3v) is 4.54. The second-order valence-corrected chi connectivity index (χ2v) is 5.73. The summed E-state index contributed by atoms with van der Waals surface area (Å²) in [6, 6.07) is 0.692. The largest absolute Gasteiger partial charge is 0.328 e. The molecule has 0 saturated carbocycles. The minimum atomic E-state index is 0.144. The molecular formula is C13H17N3OS. The number of carbonyl (C=O) groups is 1. The van der Waals surface area contributed by atoms with Crippen molar-refractivity contribution in [1.29, 1.82) is 0 Å². The molecule has 5 heteroatoms. The highest BCUT2D eigenvalue weighted by atomic mass is 32.1. The Kier molecular flexibility index (Phi) is 3.16. The van der Waals surface area contributed by atoms with Gasteiger partial charge in [-0.2, -0.15) is 0 Å². The molecular weight excluding hydrogens is 246 g/mol. The molecule has 2 atom stereocenters. The van der Waals surface area contributed by atoms with Gasteiger partial charge in [-0.15, -0.1) is 5.10 Å². The Balaban J connectivity index is 1.86. The first-order valence-electron chi connectivity index (χ1n) is 6.61. The van der Waals surface area contributed by atoms with E-state index >= 15 is 0 Å². The van der Waals surface area contributed by atoms with Gasteiger partial charge in [-0.05, 0) is 37.2 Å². The number of hydrogen-bond acceptors (Lipinski definition) is 4. The molecule has 0 aromatic carbocycles. The molecule has 1 aromatic heterocycles. The highest BCUT2D eigenvalue weighted by molar-refractivity contribution is 7.08. The second-order valence-electron chi connectivity index (χ2n) is 4.97. The zero-order chi connectivity index (χ0) is 12.5. The molecule has 96 valence electrons. The van der Waals surface area contributed by atoms with Gasteiger partial charge in [-0.25, -0.2) is 0 Å². The van der Waals surface area contributed by atoms with E-state index in [4.69, 9.17) is 0 Å². The summed E-state index contributed by atoms with van der Waals surface area (Å²) in [5, 5.41) is 4.10. The minimum Gasteiger partial charge on any atom is -0.328 e. The van der Waals surface area contributed by atoms with E-state index in [1.165, 1.54) is 11.5 Å². The maximum absolute atomic E-state index is 12.6. The van der Waals surface area contributed by atoms with E-state index < -0.39 is 0 Å². The summed E-state index contributed by atoms with van der Waals surface area (Å²) in [6.45, 7) is 2.10. The topological polar surface area (TPSA) is 46.1 Å². The SMILES string of the molecule is CCCc1nnsc1C(=O)N1[C@H]2CC=C[C@H]1CC2. The summed E-state index contributed by atoms with van der Waals surface area (Å²) in [6.07, 6.45) is 9.45. The highest BCUT2D eigenvalue weighted by Crippen LogP contribution is 2.33. The summed E-state index contributed by atoms with van der Waals surface area (Å²) < 4.78 is 3.95. The van der Waals surface area contributed by atoms with Crippen molar-refractivity contribution in [2.45, 2.75) is 51.1 Å². The van der Waals surface area contributed by atoms with Gasteiger partial charge in [-0.3, -0.25) is 4.79 Å². The fourth-order valence-corrected chi connectivity index (χ4v) is 3.58. The molecule has 2 aliphatic heterocycles. The predicted molar refractivity (Wildman–Crippen MR) is 70.6 cm³/mol. The number of amides is 1. The Morgan fingerprint density at radius 1 is 1.56 bits per heavy atom. The Morgan fingerprint density at radius 3 is 3.22 bits per heavy atom. The Bertz CT molecular complexity index is 482. The molecule has 0 aliphatic carbocycles. The van der Waals surface area contributed by atoms with Crippen molar-refractivity contribution in [1.82, 2.24) is 14.5 Å². The van der Waals surface area contributed by atoms with Crippen LogP contribution < -0.4 is 0 Å². The van der Waals surface area contributed by atoms with Gasteiger partial charge in [-0.1, -0.05) is 30.0 Å². The van der Waals surface area contributed by atoms with Gasteiger partial charge in [0, 0.05) is 6.04 Å². The van der Waals surface area contributed by atoms with Gasteiger partial charge in [0.1, 0.15) is 4.88 Å². The number of carbonyl (C=O) groups excluding carboxylic acids is 1. The van der Waals surface area contributed by atoms with Crippen LogP contribution in [0.3, 0.4) is 0 Å². The molecule has 1 fully saturated rings. The Hall–Kier alpha value is -1.23. The first-order valence-corrected chi connectivity index (χ1v) is 7.39. The number of fused-ring (bicyclic) bond motifs is 2. The summed E-state index contributed by atoms with van der Waals surface area (Å²) in [5.41, 5.74) is 0.876. The summed E-state index contributed by atoms with van der Waals surface area (Å²) >= 11 is 1.25. The first kappa shape index (κ1) is 11.8. The number of nitrogens with zero attached hydrogens (tertiary/aromatic N) is 3. The van der Waals surface area contributed by atoms with Crippen LogP contribution in [0.5, 0.6) is 0 Å². The van der Waals surface area contributed by atoms with Crippen LogP contribution in [-0.4, -0.2) is 32.5 Å². The van der Waals surface area contributed by atoms with Crippen LogP contribution >= 0.6 is 11.5 Å². The van der Waals surface area contributed by atoms with Gasteiger partial charge in [0.05, 0.1) is 11.7 Å². The number of aryl methyl sites for hydroxylation is 1. The molecule has 18 heavy (non-hydrogen) atoms. The van der Waals surface area contributed by atoms with Crippen molar-refractivity contribution >= 4 is 17.4 Å². The van der Waals surface area contributed by atoms with Crippen LogP contribution in [-0.2, 0) is 6.42 Å². The molecule has 2 bridgehead atoms. The highest BCUT2D eigenvalue weighted by Gasteiger charge is 2.38. The van der Waals surface area contributed by atoms with Gasteiger partial charge < -0.3 is 4.90 Å². The molecule has 0 unspecified atom stereocenters. The summed E-state index contributed by atoms with van der Waals surface area (Å²) in [5.74, 6) is 0.144. The molecule has 1 aromatic rings. The van der Waals surface area contributed by atoms with Gasteiger partial charge in [0.2, 0.25) is 0 Å². The Morgan fingerprint density at radius 2 is 2.44 bits per heavy atom. The van der Waals surface area contributed by atoms with Crippen LogP contribution in [0, 0.1) is 0 Å². The lowest BCUT2D eigenvalue weighted by Gasteiger charge is -2.31. The molecule has 3 rings (SSSR count). The van der Waals surface area contributed by atoms with E-state index in [1.54, 1.807) is 0 Å². The third kappa shape index (κ3) is 1.86. The molecule has 4 nitrogen and oxygen atoms in total. The first-order chi connectivity index (χ1) is 8.81. The maximum Gasteiger partial charge on any atom is 0.268 e. The van der Waals surface area contributed by atoms with E-state index in [1.807, 2.05) is 4.90 Å². The van der Waals surface area contributed by atoms with Crippen molar-refractivity contribution in [3.63, 3.8) is 0 Å². The maximum atomic E-state index is 12.6. The predicted octanol–water partition coefficient (Wildman–Crippen LogP) is 2.42. The molecule has 0 spiro atoms. The standard InChI is InChI=1S/C13H17N3OS/c1-2-4-11-12(18-15-14-11)13(17)16-9-5-3-6-10(16)8-7-9/h3,5,9-10H,2,4,6-8H2,1H3/t9-,10-/m0/s1. The average molecular weight is 263 g/mol. The average Bonchev–Trinajstić information content (AvgIpc) is 2.92. The van der Waals surface area contributed by atoms with E-state index in [0.717, 1.165) is 42.7 Å². The molecule has 0 N–H and O–H groups in total. The van der Waals surface area contributed by atoms with E-state index in [9.17, 15) is 4.79 Å². The van der Waals surface area contributed by atoms with Crippen LogP contribution in [0.25, 0.3) is 0 Å². The number of hydrogen-bond donors (Lipinski definition) is 0. The summed E-state index contributed by atoms with van der Waals surface area (Å²) in [7, 11) is 0. The van der Waals surface area contributed by atoms with Crippen molar-refractivity contribution < 1.29 is 4.79 Å². The van der Waals surface area contributed by atoms with Crippen molar-refractivity contribution in [2.75, 3.05) is 0 Å². The van der Waals surface area contributed by atoms with Gasteiger partial charge in [0.15, 0.2) is 0 Å². The monoisotopic (exact) mass is 263 g/mol. The van der Waals surface area contributed by atoms with Crippen LogP contribution in [0.2, 0.25) is 0 Å². The van der Waals surface area contributed by atoms with Crippen LogP contribution in [0.15, 0.2) is 12.2 Å². The lowest BCUT2D eigenvalue weighted by Crippen LogP contribution is -2.42. The van der Waals surface area contributed by atoms with Crippen molar-refractivity contribution in [3.05, 3.63) is 22.7 Å². The number of aromatic nitrogens is 2. The molecule has 2 aliphatic rings. The van der Waals surface area contributed by atoms with Crippen molar-refractivity contribution in [2.24, 2.45) is 0 Å². The van der Waals surface area contributed by atoms with Crippen LogP contribution in [0.1, 0.15) is 48.0 Å². The van der Waals surface area contributed by atoms with Crippen molar-refractivity contribution in [3.8, 4) is 0 Å². The summed E-state index contributed by atoms with van der Waals surface area (Å²) in [4.78, 5) is 15.4. The normalized spacial score (nSPS) is 25.7. The second kappa shape index (κ2) is 4.80. The van der Waals surface area contributed by atoms with Gasteiger partial charge in [0.25, 0.3) is 5.91 Å². The zero-order valence-electron chi connectivity index (χ0n) is 10.5. The minimum absolute atomic E-state index is 0.144. The Labute approximate surface area is 111 Å². The quantitative estimate of drug-likeness (QED) is 0.787. The fourth-order valence-electron chi connectivity index (χ4n) is 2.93. The number of rotatable bonds is 3. The van der Waals surface area contributed by atoms with E-state index in [2.05, 4.69) is 28.7 Å². The molecule has 1 saturated heterocycles.